The molecule has 2 aromatic carbocycles. The first kappa shape index (κ1) is 15.9. The van der Waals surface area contributed by atoms with Crippen LogP contribution in [-0.4, -0.2) is 5.78 Å². The lowest BCUT2D eigenvalue weighted by Gasteiger charge is -2.14. The normalized spacial score (nSPS) is 12.0. The second-order valence-electron chi connectivity index (χ2n) is 5.07. The van der Waals surface area contributed by atoms with E-state index in [4.69, 9.17) is 16.0 Å². The molecule has 0 N–H and O–H groups in total. The molecule has 0 bridgehead atoms. The Balaban J connectivity index is 1.78. The quantitative estimate of drug-likeness (QED) is 0.404. The highest BCUT2D eigenvalue weighted by Crippen LogP contribution is 2.38. The van der Waals surface area contributed by atoms with Crippen LogP contribution in [0.25, 0.3) is 0 Å². The molecule has 0 saturated heterocycles. The molecule has 1 heterocycles. The van der Waals surface area contributed by atoms with Gasteiger partial charge in [0.1, 0.15) is 5.76 Å². The zero-order chi connectivity index (χ0) is 16.1. The number of hydrogen-bond donors (Lipinski definition) is 0. The molecular formula is C19H15ClO2S. The lowest BCUT2D eigenvalue weighted by molar-refractivity contribution is 0.0980. The standard InChI is InChI=1S/C19H15ClO2S/c20-15-10-8-14(9-11-15)17(21)13-19(18-7-4-12-22-18)23-16-5-2-1-3-6-16/h1-12,19H,13H2/t19-/m1/s1. The van der Waals surface area contributed by atoms with Gasteiger partial charge >= 0.3 is 0 Å². The monoisotopic (exact) mass is 342 g/mol. The van der Waals surface area contributed by atoms with E-state index in [1.54, 1.807) is 42.3 Å². The molecule has 23 heavy (non-hydrogen) atoms. The summed E-state index contributed by atoms with van der Waals surface area (Å²) in [6.45, 7) is 0. The predicted octanol–water partition coefficient (Wildman–Crippen LogP) is 6.04. The number of furan rings is 1. The van der Waals surface area contributed by atoms with Crippen LogP contribution in [0.5, 0.6) is 0 Å². The first-order valence-electron chi connectivity index (χ1n) is 7.26. The maximum Gasteiger partial charge on any atom is 0.164 e. The Bertz CT molecular complexity index is 752. The number of carbonyl (C=O) groups excluding carboxylic acids is 1. The molecule has 0 spiro atoms. The van der Waals surface area contributed by atoms with Gasteiger partial charge in [-0.25, -0.2) is 0 Å². The van der Waals surface area contributed by atoms with E-state index < -0.39 is 0 Å². The van der Waals surface area contributed by atoms with Gasteiger partial charge in [0, 0.05) is 21.9 Å². The molecular weight excluding hydrogens is 328 g/mol. The molecule has 3 aromatic rings. The summed E-state index contributed by atoms with van der Waals surface area (Å²) in [5, 5.41) is 0.568. The Morgan fingerprint density at radius 2 is 1.74 bits per heavy atom. The summed E-state index contributed by atoms with van der Waals surface area (Å²) in [6.07, 6.45) is 2.01. The highest BCUT2D eigenvalue weighted by Gasteiger charge is 2.21. The third-order valence-electron chi connectivity index (χ3n) is 3.42. The second-order valence-corrected chi connectivity index (χ2v) is 6.78. The third-order valence-corrected chi connectivity index (χ3v) is 4.90. The van der Waals surface area contributed by atoms with Crippen molar-refractivity contribution in [1.82, 2.24) is 0 Å². The number of hydrogen-bond acceptors (Lipinski definition) is 3. The molecule has 0 aliphatic carbocycles. The van der Waals surface area contributed by atoms with E-state index in [1.807, 2.05) is 42.5 Å². The van der Waals surface area contributed by atoms with Crippen LogP contribution in [0.3, 0.4) is 0 Å². The fourth-order valence-electron chi connectivity index (χ4n) is 2.26. The third kappa shape index (κ3) is 4.27. The fraction of sp³-hybridized carbons (Fsp3) is 0.105. The van der Waals surface area contributed by atoms with Crippen molar-refractivity contribution >= 4 is 29.1 Å². The van der Waals surface area contributed by atoms with Gasteiger partial charge < -0.3 is 4.42 Å². The van der Waals surface area contributed by atoms with E-state index in [0.29, 0.717) is 17.0 Å². The number of carbonyl (C=O) groups is 1. The van der Waals surface area contributed by atoms with Gasteiger partial charge in [-0.2, -0.15) is 0 Å². The van der Waals surface area contributed by atoms with Gasteiger partial charge in [-0.05, 0) is 48.5 Å². The Hall–Kier alpha value is -1.97. The largest absolute Gasteiger partial charge is 0.468 e. The van der Waals surface area contributed by atoms with E-state index in [9.17, 15) is 4.79 Å². The minimum atomic E-state index is -0.0596. The van der Waals surface area contributed by atoms with Crippen LogP contribution >= 0.6 is 23.4 Å². The Labute approximate surface area is 144 Å². The topological polar surface area (TPSA) is 30.2 Å². The predicted molar refractivity (Wildman–Crippen MR) is 94.1 cm³/mol. The number of ketones is 1. The zero-order valence-corrected chi connectivity index (χ0v) is 13.9. The molecule has 1 atom stereocenters. The fourth-order valence-corrected chi connectivity index (χ4v) is 3.51. The summed E-state index contributed by atoms with van der Waals surface area (Å²) in [7, 11) is 0. The van der Waals surface area contributed by atoms with Crippen LogP contribution in [0.2, 0.25) is 5.02 Å². The van der Waals surface area contributed by atoms with Crippen molar-refractivity contribution in [2.45, 2.75) is 16.6 Å². The van der Waals surface area contributed by atoms with Gasteiger partial charge in [0.05, 0.1) is 11.5 Å². The van der Waals surface area contributed by atoms with Crippen LogP contribution in [-0.2, 0) is 0 Å². The molecule has 116 valence electrons. The summed E-state index contributed by atoms with van der Waals surface area (Å²) >= 11 is 7.51. The van der Waals surface area contributed by atoms with Gasteiger partial charge in [-0.3, -0.25) is 4.79 Å². The van der Waals surface area contributed by atoms with Crippen LogP contribution in [0.4, 0.5) is 0 Å². The highest BCUT2D eigenvalue weighted by molar-refractivity contribution is 7.99. The van der Waals surface area contributed by atoms with Gasteiger partial charge in [0.2, 0.25) is 0 Å². The average molecular weight is 343 g/mol. The van der Waals surface area contributed by atoms with Gasteiger partial charge in [0.15, 0.2) is 5.78 Å². The Morgan fingerprint density at radius 3 is 2.39 bits per heavy atom. The number of thioether (sulfide) groups is 1. The summed E-state index contributed by atoms with van der Waals surface area (Å²) in [6, 6.07) is 20.8. The van der Waals surface area contributed by atoms with Crippen molar-refractivity contribution in [3.05, 3.63) is 89.3 Å². The summed E-state index contributed by atoms with van der Waals surface area (Å²) in [5.41, 5.74) is 0.666. The summed E-state index contributed by atoms with van der Waals surface area (Å²) < 4.78 is 5.53. The molecule has 0 fully saturated rings. The molecule has 4 heteroatoms. The molecule has 0 radical (unpaired) electrons. The van der Waals surface area contributed by atoms with Gasteiger partial charge in [-0.15, -0.1) is 11.8 Å². The molecule has 3 rings (SSSR count). The Morgan fingerprint density at radius 1 is 1.00 bits per heavy atom. The van der Waals surface area contributed by atoms with Gasteiger partial charge in [0.25, 0.3) is 0 Å². The SMILES string of the molecule is O=C(C[C@@H](Sc1ccccc1)c1ccco1)c1ccc(Cl)cc1. The van der Waals surface area contributed by atoms with Crippen LogP contribution in [0, 0.1) is 0 Å². The summed E-state index contributed by atoms with van der Waals surface area (Å²) in [4.78, 5) is 13.7. The first-order valence-corrected chi connectivity index (χ1v) is 8.52. The second kappa shape index (κ2) is 7.53. The van der Waals surface area contributed by atoms with Crippen molar-refractivity contribution in [3.63, 3.8) is 0 Å². The molecule has 2 nitrogen and oxygen atoms in total. The lowest BCUT2D eigenvalue weighted by atomic mass is 10.1. The number of rotatable bonds is 6. The van der Waals surface area contributed by atoms with Crippen molar-refractivity contribution in [2.24, 2.45) is 0 Å². The lowest BCUT2D eigenvalue weighted by Crippen LogP contribution is -2.04. The van der Waals surface area contributed by atoms with Crippen LogP contribution in [0.1, 0.15) is 27.8 Å². The molecule has 0 amide bonds. The van der Waals surface area contributed by atoms with Crippen molar-refractivity contribution in [3.8, 4) is 0 Å². The van der Waals surface area contributed by atoms with E-state index in [2.05, 4.69) is 0 Å². The van der Waals surface area contributed by atoms with Crippen molar-refractivity contribution in [1.29, 1.82) is 0 Å². The van der Waals surface area contributed by atoms with E-state index in [0.717, 1.165) is 10.7 Å². The van der Waals surface area contributed by atoms with E-state index in [1.165, 1.54) is 0 Å². The highest BCUT2D eigenvalue weighted by atomic mass is 35.5. The zero-order valence-electron chi connectivity index (χ0n) is 12.3. The summed E-state index contributed by atoms with van der Waals surface area (Å²) in [5.74, 6) is 0.882. The number of halogens is 1. The molecule has 0 aliphatic rings. The Kier molecular flexibility index (Phi) is 5.21. The minimum Gasteiger partial charge on any atom is -0.468 e. The molecule has 0 saturated carbocycles. The number of Topliss-reactive ketones (excluding diaryl/α,β-unsaturated/α-hetero) is 1. The molecule has 1 aromatic heterocycles. The van der Waals surface area contributed by atoms with Crippen molar-refractivity contribution < 1.29 is 9.21 Å². The maximum atomic E-state index is 12.6. The number of benzene rings is 2. The van der Waals surface area contributed by atoms with Crippen molar-refractivity contribution in [2.75, 3.05) is 0 Å². The first-order chi connectivity index (χ1) is 11.2. The van der Waals surface area contributed by atoms with Crippen LogP contribution in [0.15, 0.2) is 82.3 Å². The molecule has 0 aliphatic heterocycles. The molecule has 0 unspecified atom stereocenters. The average Bonchev–Trinajstić information content (AvgIpc) is 3.10. The van der Waals surface area contributed by atoms with E-state index >= 15 is 0 Å². The maximum absolute atomic E-state index is 12.6. The van der Waals surface area contributed by atoms with Crippen LogP contribution < -0.4 is 0 Å². The van der Waals surface area contributed by atoms with E-state index in [-0.39, 0.29) is 11.0 Å². The van der Waals surface area contributed by atoms with Gasteiger partial charge in [-0.1, -0.05) is 29.8 Å². The minimum absolute atomic E-state index is 0.0596. The smallest absolute Gasteiger partial charge is 0.164 e.